The van der Waals surface area contributed by atoms with Gasteiger partial charge < -0.3 is 10.6 Å². The molecule has 0 saturated heterocycles. The molecule has 1 aromatic carbocycles. The summed E-state index contributed by atoms with van der Waals surface area (Å²) in [6.45, 7) is 5.39. The van der Waals surface area contributed by atoms with Gasteiger partial charge in [-0.25, -0.2) is 0 Å². The molecule has 0 spiro atoms. The summed E-state index contributed by atoms with van der Waals surface area (Å²) in [4.78, 5) is 12.3. The van der Waals surface area contributed by atoms with E-state index in [4.69, 9.17) is 0 Å². The fourth-order valence-electron chi connectivity index (χ4n) is 2.24. The summed E-state index contributed by atoms with van der Waals surface area (Å²) in [7, 11) is 1.90. The molecule has 1 heterocycles. The monoisotopic (exact) mass is 286 g/mol. The number of aromatic nitrogens is 2. The smallest absolute Gasteiger partial charge is 0.253 e. The van der Waals surface area contributed by atoms with Gasteiger partial charge in [0.2, 0.25) is 0 Å². The van der Waals surface area contributed by atoms with Crippen LogP contribution in [0.5, 0.6) is 0 Å². The van der Waals surface area contributed by atoms with Gasteiger partial charge in [-0.05, 0) is 32.0 Å². The van der Waals surface area contributed by atoms with Crippen molar-refractivity contribution in [3.63, 3.8) is 0 Å². The number of nitrogens with zero attached hydrogens (tertiary/aromatic N) is 2. The highest BCUT2D eigenvalue weighted by atomic mass is 16.1. The number of rotatable bonds is 6. The van der Waals surface area contributed by atoms with Crippen LogP contribution in [-0.4, -0.2) is 28.8 Å². The average Bonchev–Trinajstić information content (AvgIpc) is 2.86. The van der Waals surface area contributed by atoms with E-state index in [-0.39, 0.29) is 5.91 Å². The van der Waals surface area contributed by atoms with E-state index in [0.717, 1.165) is 29.9 Å². The van der Waals surface area contributed by atoms with E-state index in [2.05, 4.69) is 15.7 Å². The third-order valence-electron chi connectivity index (χ3n) is 3.38. The molecule has 1 aromatic heterocycles. The van der Waals surface area contributed by atoms with Crippen LogP contribution in [0, 0.1) is 6.92 Å². The largest absolute Gasteiger partial charge is 0.385 e. The van der Waals surface area contributed by atoms with Crippen molar-refractivity contribution in [2.24, 2.45) is 7.05 Å². The average molecular weight is 286 g/mol. The predicted octanol–water partition coefficient (Wildman–Crippen LogP) is 2.13. The van der Waals surface area contributed by atoms with Crippen molar-refractivity contribution >= 4 is 11.6 Å². The first-order chi connectivity index (χ1) is 10.1. The maximum absolute atomic E-state index is 12.3. The molecular weight excluding hydrogens is 264 g/mol. The fraction of sp³-hybridized carbons (Fsp3) is 0.375. The van der Waals surface area contributed by atoms with E-state index in [9.17, 15) is 4.79 Å². The molecule has 5 nitrogen and oxygen atoms in total. The molecule has 0 fully saturated rings. The molecule has 0 bridgehead atoms. The maximum atomic E-state index is 12.3. The predicted molar refractivity (Wildman–Crippen MR) is 84.6 cm³/mol. The molecule has 21 heavy (non-hydrogen) atoms. The molecule has 0 unspecified atom stereocenters. The highest BCUT2D eigenvalue weighted by molar-refractivity contribution is 5.99. The van der Waals surface area contributed by atoms with Crippen molar-refractivity contribution in [3.05, 3.63) is 47.3 Å². The van der Waals surface area contributed by atoms with Crippen LogP contribution in [-0.2, 0) is 13.5 Å². The molecule has 2 rings (SSSR count). The van der Waals surface area contributed by atoms with Gasteiger partial charge in [-0.15, -0.1) is 0 Å². The number of hydrogen-bond donors (Lipinski definition) is 2. The van der Waals surface area contributed by atoms with Gasteiger partial charge >= 0.3 is 0 Å². The van der Waals surface area contributed by atoms with Crippen LogP contribution >= 0.6 is 0 Å². The molecular formula is C16H22N4O. The molecule has 0 aliphatic rings. The van der Waals surface area contributed by atoms with Crippen LogP contribution in [0.2, 0.25) is 0 Å². The topological polar surface area (TPSA) is 59.0 Å². The molecule has 2 N–H and O–H groups in total. The van der Waals surface area contributed by atoms with Gasteiger partial charge in [0.15, 0.2) is 0 Å². The van der Waals surface area contributed by atoms with Crippen LogP contribution in [0.15, 0.2) is 30.5 Å². The van der Waals surface area contributed by atoms with Crippen LogP contribution in [0.25, 0.3) is 0 Å². The molecule has 0 aliphatic heterocycles. The van der Waals surface area contributed by atoms with Crippen molar-refractivity contribution in [1.82, 2.24) is 15.1 Å². The van der Waals surface area contributed by atoms with Crippen LogP contribution in [0.3, 0.4) is 0 Å². The number of carbonyl (C=O) groups is 1. The number of carbonyl (C=O) groups excluding carboxylic acids is 1. The van der Waals surface area contributed by atoms with Gasteiger partial charge in [0.05, 0.1) is 5.56 Å². The lowest BCUT2D eigenvalue weighted by Crippen LogP contribution is -2.27. The molecule has 1 amide bonds. The van der Waals surface area contributed by atoms with Crippen molar-refractivity contribution in [3.8, 4) is 0 Å². The van der Waals surface area contributed by atoms with Gasteiger partial charge in [-0.1, -0.05) is 11.6 Å². The molecule has 0 aliphatic carbocycles. The number of nitrogens with one attached hydrogen (secondary N) is 2. The number of aryl methyl sites for hydroxylation is 2. The van der Waals surface area contributed by atoms with Crippen LogP contribution in [0.4, 0.5) is 5.69 Å². The lowest BCUT2D eigenvalue weighted by molar-refractivity contribution is 0.0954. The van der Waals surface area contributed by atoms with Crippen LogP contribution < -0.4 is 10.6 Å². The van der Waals surface area contributed by atoms with E-state index in [1.807, 2.05) is 49.8 Å². The first-order valence-electron chi connectivity index (χ1n) is 7.21. The van der Waals surface area contributed by atoms with Crippen LogP contribution in [0.1, 0.15) is 28.5 Å². The number of anilines is 1. The third-order valence-corrected chi connectivity index (χ3v) is 3.38. The SMILES string of the molecule is CCNc1ccc(C)cc1C(=O)NCCc1ccnn1C. The standard InChI is InChI=1S/C16H22N4O/c1-4-17-15-6-5-12(2)11-14(15)16(21)18-9-7-13-8-10-19-20(13)3/h5-6,8,10-11,17H,4,7,9H2,1-3H3,(H,18,21). The zero-order valence-corrected chi connectivity index (χ0v) is 12.8. The molecule has 112 valence electrons. The van der Waals surface area contributed by atoms with E-state index in [1.54, 1.807) is 6.20 Å². The first kappa shape index (κ1) is 15.1. The minimum absolute atomic E-state index is 0.0446. The Morgan fingerprint density at radius 3 is 2.81 bits per heavy atom. The Balaban J connectivity index is 1.99. The van der Waals surface area contributed by atoms with E-state index in [1.165, 1.54) is 0 Å². The number of amides is 1. The van der Waals surface area contributed by atoms with Gasteiger partial charge in [0.1, 0.15) is 0 Å². The Morgan fingerprint density at radius 1 is 1.33 bits per heavy atom. The normalized spacial score (nSPS) is 10.4. The highest BCUT2D eigenvalue weighted by Crippen LogP contribution is 2.17. The van der Waals surface area contributed by atoms with Gasteiger partial charge in [-0.2, -0.15) is 5.10 Å². The van der Waals surface area contributed by atoms with Gasteiger partial charge in [0, 0.05) is 44.1 Å². The van der Waals surface area contributed by atoms with Crippen molar-refractivity contribution in [2.45, 2.75) is 20.3 Å². The highest BCUT2D eigenvalue weighted by Gasteiger charge is 2.11. The minimum Gasteiger partial charge on any atom is -0.385 e. The Morgan fingerprint density at radius 2 is 2.14 bits per heavy atom. The van der Waals surface area contributed by atoms with E-state index >= 15 is 0 Å². The second-order valence-corrected chi connectivity index (χ2v) is 5.03. The Hall–Kier alpha value is -2.30. The fourth-order valence-corrected chi connectivity index (χ4v) is 2.24. The number of benzene rings is 1. The summed E-state index contributed by atoms with van der Waals surface area (Å²) >= 11 is 0. The van der Waals surface area contributed by atoms with Crippen molar-refractivity contribution < 1.29 is 4.79 Å². The summed E-state index contributed by atoms with van der Waals surface area (Å²) in [6, 6.07) is 7.83. The Bertz CT molecular complexity index is 618. The van der Waals surface area contributed by atoms with Crippen molar-refractivity contribution in [2.75, 3.05) is 18.4 Å². The molecule has 0 atom stereocenters. The van der Waals surface area contributed by atoms with E-state index in [0.29, 0.717) is 12.1 Å². The lowest BCUT2D eigenvalue weighted by atomic mass is 10.1. The van der Waals surface area contributed by atoms with Gasteiger partial charge in [0.25, 0.3) is 5.91 Å². The molecule has 5 heteroatoms. The van der Waals surface area contributed by atoms with Gasteiger partial charge in [-0.3, -0.25) is 9.48 Å². The summed E-state index contributed by atoms with van der Waals surface area (Å²) in [5.41, 5.74) is 3.75. The Labute approximate surface area is 125 Å². The number of hydrogen-bond acceptors (Lipinski definition) is 3. The maximum Gasteiger partial charge on any atom is 0.253 e. The van der Waals surface area contributed by atoms with Crippen molar-refractivity contribution in [1.29, 1.82) is 0 Å². The molecule has 0 saturated carbocycles. The second kappa shape index (κ2) is 6.92. The summed E-state index contributed by atoms with van der Waals surface area (Å²) in [5, 5.41) is 10.3. The first-order valence-corrected chi connectivity index (χ1v) is 7.21. The summed E-state index contributed by atoms with van der Waals surface area (Å²) in [5.74, 6) is -0.0446. The molecule has 0 radical (unpaired) electrons. The lowest BCUT2D eigenvalue weighted by Gasteiger charge is -2.12. The second-order valence-electron chi connectivity index (χ2n) is 5.03. The summed E-state index contributed by atoms with van der Waals surface area (Å²) < 4.78 is 1.82. The zero-order chi connectivity index (χ0) is 15.2. The Kier molecular flexibility index (Phi) is 4.98. The molecule has 2 aromatic rings. The van der Waals surface area contributed by atoms with E-state index < -0.39 is 0 Å². The summed E-state index contributed by atoms with van der Waals surface area (Å²) in [6.07, 6.45) is 2.53. The quantitative estimate of drug-likeness (QED) is 0.855. The third kappa shape index (κ3) is 3.84. The zero-order valence-electron chi connectivity index (χ0n) is 12.8. The minimum atomic E-state index is -0.0446.